The molecule has 5 nitrogen and oxygen atoms in total. The third-order valence-corrected chi connectivity index (χ3v) is 5.92. The molecule has 1 aromatic heterocycles. The van der Waals surface area contributed by atoms with Gasteiger partial charge in [-0.05, 0) is 31.2 Å². The van der Waals surface area contributed by atoms with Gasteiger partial charge in [-0.25, -0.2) is 18.1 Å². The monoisotopic (exact) mass is 361 g/mol. The zero-order valence-electron chi connectivity index (χ0n) is 13.3. The van der Waals surface area contributed by atoms with Crippen molar-refractivity contribution >= 4 is 32.8 Å². The van der Waals surface area contributed by atoms with Gasteiger partial charge >= 0.3 is 0 Å². The van der Waals surface area contributed by atoms with Crippen molar-refractivity contribution < 1.29 is 8.42 Å². The smallest absolute Gasteiger partial charge is 0.211 e. The third kappa shape index (κ3) is 3.80. The molecule has 0 unspecified atom stereocenters. The number of nitrogens with zero attached hydrogens (tertiary/aromatic N) is 2. The Kier molecular flexibility index (Phi) is 5.23. The first-order chi connectivity index (χ1) is 11.6. The lowest BCUT2D eigenvalue weighted by Gasteiger charge is -2.09. The molecular weight excluding hydrogens is 342 g/mol. The van der Waals surface area contributed by atoms with Crippen LogP contribution in [0, 0.1) is 0 Å². The third-order valence-electron chi connectivity index (χ3n) is 3.58. The average molecular weight is 361 g/mol. The lowest BCUT2D eigenvalue weighted by atomic mass is 10.3. The van der Waals surface area contributed by atoms with Gasteiger partial charge in [0.1, 0.15) is 0 Å². The number of hydrogen-bond acceptors (Lipinski definition) is 4. The van der Waals surface area contributed by atoms with E-state index in [4.69, 9.17) is 4.98 Å². The number of fused-ring (bicyclic) bond motifs is 1. The van der Waals surface area contributed by atoms with Gasteiger partial charge in [-0.3, -0.25) is 4.57 Å². The molecule has 0 aliphatic carbocycles. The number of benzene rings is 2. The maximum Gasteiger partial charge on any atom is 0.211 e. The summed E-state index contributed by atoms with van der Waals surface area (Å²) in [6.07, 6.45) is 0. The number of sulfonamides is 1. The number of imidazole rings is 1. The molecular formula is C17H19N3O2S2. The van der Waals surface area contributed by atoms with Gasteiger partial charge in [0.25, 0.3) is 0 Å². The van der Waals surface area contributed by atoms with E-state index in [2.05, 4.69) is 9.29 Å². The largest absolute Gasteiger partial charge is 0.287 e. The zero-order valence-corrected chi connectivity index (χ0v) is 15.0. The minimum atomic E-state index is -3.15. The van der Waals surface area contributed by atoms with E-state index in [0.717, 1.165) is 21.9 Å². The van der Waals surface area contributed by atoms with Crippen LogP contribution in [0.3, 0.4) is 0 Å². The first-order valence-corrected chi connectivity index (χ1v) is 10.4. The average Bonchev–Trinajstić information content (AvgIpc) is 2.98. The Morgan fingerprint density at radius 1 is 1.08 bits per heavy atom. The van der Waals surface area contributed by atoms with Crippen LogP contribution in [0.2, 0.25) is 0 Å². The Bertz CT molecular complexity index is 921. The highest BCUT2D eigenvalue weighted by molar-refractivity contribution is 7.99. The van der Waals surface area contributed by atoms with E-state index >= 15 is 0 Å². The van der Waals surface area contributed by atoms with E-state index < -0.39 is 10.0 Å². The fourth-order valence-electron chi connectivity index (χ4n) is 2.37. The van der Waals surface area contributed by atoms with Crippen molar-refractivity contribution in [2.75, 3.05) is 18.1 Å². The summed E-state index contributed by atoms with van der Waals surface area (Å²) in [5.74, 6) is 0.718. The molecule has 24 heavy (non-hydrogen) atoms. The van der Waals surface area contributed by atoms with E-state index in [1.165, 1.54) is 0 Å². The summed E-state index contributed by atoms with van der Waals surface area (Å²) in [6, 6.07) is 18.0. The fourth-order valence-corrected chi connectivity index (χ4v) is 4.00. The van der Waals surface area contributed by atoms with E-state index in [-0.39, 0.29) is 5.75 Å². The van der Waals surface area contributed by atoms with Crippen LogP contribution in [0.1, 0.15) is 6.92 Å². The first-order valence-electron chi connectivity index (χ1n) is 7.74. The molecule has 0 saturated heterocycles. The van der Waals surface area contributed by atoms with Crippen molar-refractivity contribution in [3.8, 4) is 5.69 Å². The van der Waals surface area contributed by atoms with Crippen molar-refractivity contribution in [1.29, 1.82) is 0 Å². The number of nitrogens with one attached hydrogen (secondary N) is 1. The molecule has 0 saturated carbocycles. The molecule has 0 amide bonds. The number of rotatable bonds is 7. The molecule has 126 valence electrons. The van der Waals surface area contributed by atoms with E-state index in [9.17, 15) is 8.42 Å². The van der Waals surface area contributed by atoms with Crippen LogP contribution in [0.25, 0.3) is 16.7 Å². The van der Waals surface area contributed by atoms with Crippen molar-refractivity contribution in [1.82, 2.24) is 14.3 Å². The second-order valence-electron chi connectivity index (χ2n) is 5.20. The fraction of sp³-hybridized carbons (Fsp3) is 0.235. The van der Waals surface area contributed by atoms with Crippen molar-refractivity contribution in [3.63, 3.8) is 0 Å². The Hall–Kier alpha value is -1.83. The van der Waals surface area contributed by atoms with E-state index in [1.807, 2.05) is 54.6 Å². The zero-order chi connectivity index (χ0) is 17.0. The van der Waals surface area contributed by atoms with Crippen LogP contribution in [0.5, 0.6) is 0 Å². The minimum Gasteiger partial charge on any atom is -0.287 e. The summed E-state index contributed by atoms with van der Waals surface area (Å²) in [7, 11) is -3.15. The summed E-state index contributed by atoms with van der Waals surface area (Å²) in [5, 5.41) is 0.859. The van der Waals surface area contributed by atoms with Crippen LogP contribution in [0.15, 0.2) is 59.8 Å². The van der Waals surface area contributed by atoms with Crippen LogP contribution in [0.4, 0.5) is 0 Å². The second-order valence-corrected chi connectivity index (χ2v) is 8.36. The molecule has 1 N–H and O–H groups in total. The minimum absolute atomic E-state index is 0.0974. The second kappa shape index (κ2) is 7.38. The highest BCUT2D eigenvalue weighted by atomic mass is 32.2. The van der Waals surface area contributed by atoms with Gasteiger partial charge in [-0.15, -0.1) is 0 Å². The Labute approximate surface area is 146 Å². The molecule has 0 atom stereocenters. The van der Waals surface area contributed by atoms with Crippen molar-refractivity contribution in [3.05, 3.63) is 54.6 Å². The lowest BCUT2D eigenvalue weighted by molar-refractivity contribution is 0.585. The lowest BCUT2D eigenvalue weighted by Crippen LogP contribution is -2.27. The van der Waals surface area contributed by atoms with Crippen LogP contribution >= 0.6 is 11.8 Å². The topological polar surface area (TPSA) is 64.0 Å². The molecule has 0 spiro atoms. The van der Waals surface area contributed by atoms with Gasteiger partial charge in [0.05, 0.1) is 16.8 Å². The number of aromatic nitrogens is 2. The highest BCUT2D eigenvalue weighted by Gasteiger charge is 2.13. The summed E-state index contributed by atoms with van der Waals surface area (Å²) in [6.45, 7) is 2.02. The first kappa shape index (κ1) is 17.0. The molecule has 0 radical (unpaired) electrons. The quantitative estimate of drug-likeness (QED) is 0.519. The van der Waals surface area contributed by atoms with Gasteiger partial charge in [-0.2, -0.15) is 0 Å². The molecule has 1 heterocycles. The molecule has 0 bridgehead atoms. The number of thioether (sulfide) groups is 1. The summed E-state index contributed by atoms with van der Waals surface area (Å²) in [5.41, 5.74) is 3.01. The van der Waals surface area contributed by atoms with Crippen LogP contribution < -0.4 is 4.72 Å². The SMILES string of the molecule is CCS(=O)(=O)NCCSc1nc2ccccc2n1-c1ccccc1. The molecule has 7 heteroatoms. The predicted molar refractivity (Wildman–Crippen MR) is 99.3 cm³/mol. The van der Waals surface area contributed by atoms with Crippen molar-refractivity contribution in [2.45, 2.75) is 12.1 Å². The van der Waals surface area contributed by atoms with E-state index in [0.29, 0.717) is 12.3 Å². The molecule has 0 aliphatic heterocycles. The number of hydrogen-bond donors (Lipinski definition) is 1. The van der Waals surface area contributed by atoms with Crippen LogP contribution in [-0.2, 0) is 10.0 Å². The maximum atomic E-state index is 11.5. The Balaban J connectivity index is 1.85. The molecule has 0 fully saturated rings. The summed E-state index contributed by atoms with van der Waals surface area (Å²) in [4.78, 5) is 4.69. The number of para-hydroxylation sites is 3. The maximum absolute atomic E-state index is 11.5. The summed E-state index contributed by atoms with van der Waals surface area (Å²) < 4.78 is 27.7. The highest BCUT2D eigenvalue weighted by Crippen LogP contribution is 2.27. The Morgan fingerprint density at radius 3 is 2.54 bits per heavy atom. The van der Waals surface area contributed by atoms with Gasteiger partial charge in [0.15, 0.2) is 5.16 Å². The van der Waals surface area contributed by atoms with Gasteiger partial charge in [-0.1, -0.05) is 42.1 Å². The van der Waals surface area contributed by atoms with Gasteiger partial charge in [0.2, 0.25) is 10.0 Å². The molecule has 3 rings (SSSR count). The van der Waals surface area contributed by atoms with E-state index in [1.54, 1.807) is 18.7 Å². The van der Waals surface area contributed by atoms with Gasteiger partial charge < -0.3 is 0 Å². The van der Waals surface area contributed by atoms with Gasteiger partial charge in [0, 0.05) is 18.0 Å². The summed E-state index contributed by atoms with van der Waals surface area (Å²) >= 11 is 1.54. The predicted octanol–water partition coefficient (Wildman–Crippen LogP) is 3.06. The van der Waals surface area contributed by atoms with Crippen molar-refractivity contribution in [2.24, 2.45) is 0 Å². The van der Waals surface area contributed by atoms with Crippen LogP contribution in [-0.4, -0.2) is 36.0 Å². The standard InChI is InChI=1S/C17H19N3O2S2/c1-2-24(21,22)18-12-13-23-17-19-15-10-6-7-11-16(15)20(17)14-8-4-3-5-9-14/h3-11,18H,2,12-13H2,1H3. The molecule has 0 aliphatic rings. The molecule has 2 aromatic carbocycles. The Morgan fingerprint density at radius 2 is 1.79 bits per heavy atom. The normalized spacial score (nSPS) is 11.9. The molecule has 3 aromatic rings.